The maximum atomic E-state index is 13.4. The van der Waals surface area contributed by atoms with Gasteiger partial charge in [-0.1, -0.05) is 59.3 Å². The molecule has 3 aromatic carbocycles. The summed E-state index contributed by atoms with van der Waals surface area (Å²) in [5.74, 6) is 0.330. The van der Waals surface area contributed by atoms with Crippen molar-refractivity contribution in [2.45, 2.75) is 24.3 Å². The average molecular weight is 517 g/mol. The van der Waals surface area contributed by atoms with E-state index in [9.17, 15) is 13.2 Å². The largest absolute Gasteiger partial charge is 0.497 e. The lowest BCUT2D eigenvalue weighted by Crippen LogP contribution is -2.42. The number of methoxy groups -OCH3 is 1. The highest BCUT2D eigenvalue weighted by Gasteiger charge is 2.28. The molecule has 3 rings (SSSR count). The van der Waals surface area contributed by atoms with Crippen LogP contribution in [0.3, 0.4) is 0 Å². The summed E-state index contributed by atoms with van der Waals surface area (Å²) in [4.78, 5) is 13.1. The molecule has 0 aliphatic rings. The molecule has 0 aromatic heterocycles. The van der Waals surface area contributed by atoms with Crippen LogP contribution in [0.25, 0.3) is 0 Å². The molecule has 0 spiro atoms. The predicted molar refractivity (Wildman–Crippen MR) is 129 cm³/mol. The number of hydrogen-bond donors (Lipinski definition) is 1. The van der Waals surface area contributed by atoms with Gasteiger partial charge in [0.25, 0.3) is 10.0 Å². The molecule has 32 heavy (non-hydrogen) atoms. The molecule has 0 fully saturated rings. The van der Waals surface area contributed by atoms with Gasteiger partial charge in [0.15, 0.2) is 0 Å². The van der Waals surface area contributed by atoms with E-state index in [1.165, 1.54) is 12.1 Å². The first-order valence-electron chi connectivity index (χ1n) is 10.1. The van der Waals surface area contributed by atoms with Gasteiger partial charge in [-0.15, -0.1) is 0 Å². The maximum Gasteiger partial charge on any atom is 0.264 e. The molecule has 1 atom stereocenters. The fourth-order valence-corrected chi connectivity index (χ4v) is 5.11. The lowest BCUT2D eigenvalue weighted by atomic mass is 10.0. The zero-order valence-corrected chi connectivity index (χ0v) is 20.3. The van der Waals surface area contributed by atoms with E-state index in [-0.39, 0.29) is 17.5 Å². The topological polar surface area (TPSA) is 75.7 Å². The molecule has 0 saturated heterocycles. The summed E-state index contributed by atoms with van der Waals surface area (Å²) in [6.07, 6.45) is 0.653. The number of sulfonamides is 1. The third-order valence-corrected chi connectivity index (χ3v) is 7.26. The quantitative estimate of drug-likeness (QED) is 0.437. The van der Waals surface area contributed by atoms with Crippen LogP contribution < -0.4 is 14.4 Å². The normalized spacial score (nSPS) is 12.1. The van der Waals surface area contributed by atoms with Crippen LogP contribution in [0.4, 0.5) is 5.69 Å². The molecule has 0 saturated carbocycles. The Kier molecular flexibility index (Phi) is 7.93. The molecule has 0 aliphatic carbocycles. The zero-order valence-electron chi connectivity index (χ0n) is 17.9. The van der Waals surface area contributed by atoms with E-state index >= 15 is 0 Å². The van der Waals surface area contributed by atoms with Crippen LogP contribution in [0.5, 0.6) is 5.75 Å². The smallest absolute Gasteiger partial charge is 0.264 e. The second-order valence-corrected chi connectivity index (χ2v) is 9.88. The number of benzene rings is 3. The third kappa shape index (κ3) is 5.69. The fraction of sp³-hybridized carbons (Fsp3) is 0.208. The summed E-state index contributed by atoms with van der Waals surface area (Å²) in [5.41, 5.74) is 1.32. The molecule has 8 heteroatoms. The monoisotopic (exact) mass is 516 g/mol. The number of hydrogen-bond acceptors (Lipinski definition) is 4. The van der Waals surface area contributed by atoms with Gasteiger partial charge in [-0.25, -0.2) is 8.42 Å². The van der Waals surface area contributed by atoms with Crippen LogP contribution in [0.2, 0.25) is 0 Å². The lowest BCUT2D eigenvalue weighted by molar-refractivity contribution is -0.120. The Morgan fingerprint density at radius 2 is 1.72 bits per heavy atom. The molecule has 0 unspecified atom stereocenters. The SMILES string of the molecule is CC[C@H](NC(=O)CN(c1cccc(Br)c1)S(=O)(=O)c1ccccc1)c1ccc(OC)cc1. The van der Waals surface area contributed by atoms with Crippen molar-refractivity contribution in [3.8, 4) is 5.75 Å². The Morgan fingerprint density at radius 3 is 2.31 bits per heavy atom. The van der Waals surface area contributed by atoms with Crippen LogP contribution in [-0.4, -0.2) is 28.0 Å². The maximum absolute atomic E-state index is 13.4. The number of anilines is 1. The highest BCUT2D eigenvalue weighted by Crippen LogP contribution is 2.26. The Morgan fingerprint density at radius 1 is 1.03 bits per heavy atom. The minimum Gasteiger partial charge on any atom is -0.497 e. The van der Waals surface area contributed by atoms with E-state index in [1.807, 2.05) is 31.2 Å². The number of ether oxygens (including phenoxy) is 1. The zero-order chi connectivity index (χ0) is 23.1. The van der Waals surface area contributed by atoms with E-state index in [4.69, 9.17) is 4.74 Å². The first-order valence-corrected chi connectivity index (χ1v) is 12.3. The van der Waals surface area contributed by atoms with Crippen molar-refractivity contribution in [1.82, 2.24) is 5.32 Å². The van der Waals surface area contributed by atoms with Gasteiger partial charge in [0.1, 0.15) is 12.3 Å². The van der Waals surface area contributed by atoms with Crippen LogP contribution >= 0.6 is 15.9 Å². The Balaban J connectivity index is 1.87. The van der Waals surface area contributed by atoms with Gasteiger partial charge in [0.2, 0.25) is 5.91 Å². The highest BCUT2D eigenvalue weighted by atomic mass is 79.9. The number of rotatable bonds is 9. The van der Waals surface area contributed by atoms with Crippen LogP contribution in [0.1, 0.15) is 24.9 Å². The molecule has 0 heterocycles. The number of carbonyl (C=O) groups is 1. The van der Waals surface area contributed by atoms with Gasteiger partial charge in [-0.2, -0.15) is 0 Å². The third-order valence-electron chi connectivity index (χ3n) is 4.98. The molecule has 0 bridgehead atoms. The molecule has 0 radical (unpaired) electrons. The van der Waals surface area contributed by atoms with Gasteiger partial charge < -0.3 is 10.1 Å². The number of amides is 1. The minimum absolute atomic E-state index is 0.120. The van der Waals surface area contributed by atoms with Crippen molar-refractivity contribution < 1.29 is 17.9 Å². The standard InChI is InChI=1S/C24H25BrN2O4S/c1-3-23(18-12-14-21(31-2)15-13-18)26-24(28)17-27(20-9-7-8-19(25)16-20)32(29,30)22-10-5-4-6-11-22/h4-16,23H,3,17H2,1-2H3,(H,26,28)/t23-/m0/s1. The second-order valence-electron chi connectivity index (χ2n) is 7.11. The fourth-order valence-electron chi connectivity index (χ4n) is 3.29. The van der Waals surface area contributed by atoms with Crippen molar-refractivity contribution in [3.63, 3.8) is 0 Å². The van der Waals surface area contributed by atoms with Crippen molar-refractivity contribution in [1.29, 1.82) is 0 Å². The summed E-state index contributed by atoms with van der Waals surface area (Å²) >= 11 is 3.38. The van der Waals surface area contributed by atoms with Crippen molar-refractivity contribution in [3.05, 3.63) is 88.9 Å². The van der Waals surface area contributed by atoms with Gasteiger partial charge in [-0.05, 0) is 54.4 Å². The summed E-state index contributed by atoms with van der Waals surface area (Å²) in [6.45, 7) is 1.61. The van der Waals surface area contributed by atoms with E-state index in [0.29, 0.717) is 16.6 Å². The first-order chi connectivity index (χ1) is 15.3. The van der Waals surface area contributed by atoms with Crippen molar-refractivity contribution in [2.75, 3.05) is 18.0 Å². The van der Waals surface area contributed by atoms with E-state index in [1.54, 1.807) is 49.6 Å². The number of nitrogens with zero attached hydrogens (tertiary/aromatic N) is 1. The second kappa shape index (κ2) is 10.7. The average Bonchev–Trinajstić information content (AvgIpc) is 2.81. The number of carbonyl (C=O) groups excluding carboxylic acids is 1. The van der Waals surface area contributed by atoms with E-state index in [0.717, 1.165) is 15.6 Å². The molecular formula is C24H25BrN2O4S. The van der Waals surface area contributed by atoms with Gasteiger partial charge in [0, 0.05) is 4.47 Å². The highest BCUT2D eigenvalue weighted by molar-refractivity contribution is 9.10. The molecule has 168 valence electrons. The van der Waals surface area contributed by atoms with Crippen LogP contribution in [-0.2, 0) is 14.8 Å². The summed E-state index contributed by atoms with van der Waals surface area (Å²) in [5, 5.41) is 2.96. The number of halogens is 1. The summed E-state index contributed by atoms with van der Waals surface area (Å²) < 4.78 is 33.8. The molecular weight excluding hydrogens is 492 g/mol. The van der Waals surface area contributed by atoms with Crippen molar-refractivity contribution in [2.24, 2.45) is 0 Å². The Labute approximate surface area is 197 Å². The lowest BCUT2D eigenvalue weighted by Gasteiger charge is -2.26. The molecule has 1 amide bonds. The van der Waals surface area contributed by atoms with Crippen LogP contribution in [0, 0.1) is 0 Å². The van der Waals surface area contributed by atoms with Gasteiger partial charge >= 0.3 is 0 Å². The first kappa shape index (κ1) is 23.8. The molecule has 1 N–H and O–H groups in total. The number of nitrogens with one attached hydrogen (secondary N) is 1. The van der Waals surface area contributed by atoms with Crippen LogP contribution in [0.15, 0.2) is 88.2 Å². The Hall–Kier alpha value is -2.84. The molecule has 6 nitrogen and oxygen atoms in total. The predicted octanol–water partition coefficient (Wildman–Crippen LogP) is 4.92. The molecule has 3 aromatic rings. The van der Waals surface area contributed by atoms with Gasteiger partial charge in [-0.3, -0.25) is 9.10 Å². The minimum atomic E-state index is -3.95. The Bertz CT molecular complexity index is 1150. The van der Waals surface area contributed by atoms with E-state index < -0.39 is 15.9 Å². The summed E-state index contributed by atoms with van der Waals surface area (Å²) in [6, 6.07) is 22.2. The van der Waals surface area contributed by atoms with Gasteiger partial charge in [0.05, 0.1) is 23.7 Å². The van der Waals surface area contributed by atoms with Crippen molar-refractivity contribution >= 4 is 37.5 Å². The summed E-state index contributed by atoms with van der Waals surface area (Å²) in [7, 11) is -2.35. The van der Waals surface area contributed by atoms with E-state index in [2.05, 4.69) is 21.2 Å². The molecule has 0 aliphatic heterocycles.